The van der Waals surface area contributed by atoms with Crippen LogP contribution in [0.1, 0.15) is 0 Å². The predicted octanol–water partition coefficient (Wildman–Crippen LogP) is 7.82. The molecule has 0 N–H and O–H groups in total. The van der Waals surface area contributed by atoms with Crippen LogP contribution >= 0.6 is 0 Å². The van der Waals surface area contributed by atoms with Gasteiger partial charge in [-0.25, -0.2) is 19.2 Å². The van der Waals surface area contributed by atoms with Gasteiger partial charge in [-0.3, -0.25) is 0 Å². The molecule has 0 aliphatic carbocycles. The zero-order valence-electron chi connectivity index (χ0n) is 20.8. The smallest absolute Gasteiger partial charge is 0.164 e. The van der Waals surface area contributed by atoms with E-state index in [2.05, 4.69) is 17.0 Å². The van der Waals surface area contributed by atoms with Gasteiger partial charge in [-0.05, 0) is 48.5 Å². The molecule has 6 heteroatoms. The van der Waals surface area contributed by atoms with Crippen molar-refractivity contribution in [3.05, 3.63) is 133 Å². The normalized spacial score (nSPS) is 12.6. The van der Waals surface area contributed by atoms with Crippen molar-refractivity contribution >= 4 is 27.9 Å². The summed E-state index contributed by atoms with van der Waals surface area (Å²) >= 11 is 0. The SMILES string of the molecule is O=S1c2ccccc2N(c2ccc(-c3nc(-c4ccccc4)nc(-c4ccccc4)n3)cc2)c2ccccc21. The molecule has 1 aliphatic rings. The molecule has 2 heterocycles. The quantitative estimate of drug-likeness (QED) is 0.236. The third-order valence-corrected chi connectivity index (χ3v) is 8.18. The van der Waals surface area contributed by atoms with Crippen LogP contribution < -0.4 is 4.90 Å². The summed E-state index contributed by atoms with van der Waals surface area (Å²) in [5.74, 6) is 1.87. The predicted molar refractivity (Wildman–Crippen MR) is 155 cm³/mol. The first kappa shape index (κ1) is 23.2. The number of aromatic nitrogens is 3. The molecular formula is C33H22N4OS. The van der Waals surface area contributed by atoms with Gasteiger partial charge in [0.1, 0.15) is 0 Å². The maximum atomic E-state index is 13.3. The van der Waals surface area contributed by atoms with Crippen molar-refractivity contribution in [2.75, 3.05) is 4.90 Å². The third kappa shape index (κ3) is 4.21. The summed E-state index contributed by atoms with van der Waals surface area (Å²) in [4.78, 5) is 18.3. The van der Waals surface area contributed by atoms with E-state index in [9.17, 15) is 4.21 Å². The molecule has 39 heavy (non-hydrogen) atoms. The van der Waals surface area contributed by atoms with Gasteiger partial charge >= 0.3 is 0 Å². The molecular weight excluding hydrogens is 500 g/mol. The number of rotatable bonds is 4. The van der Waals surface area contributed by atoms with Gasteiger partial charge in [-0.1, -0.05) is 84.9 Å². The Morgan fingerprint density at radius 2 is 0.821 bits per heavy atom. The van der Waals surface area contributed by atoms with Crippen LogP contribution in [0, 0.1) is 0 Å². The molecule has 0 fully saturated rings. The van der Waals surface area contributed by atoms with Crippen molar-refractivity contribution in [2.45, 2.75) is 9.79 Å². The second kappa shape index (κ2) is 9.74. The molecule has 0 radical (unpaired) electrons. The van der Waals surface area contributed by atoms with E-state index in [1.807, 2.05) is 121 Å². The number of hydrogen-bond donors (Lipinski definition) is 0. The van der Waals surface area contributed by atoms with Crippen LogP contribution in [-0.2, 0) is 10.8 Å². The van der Waals surface area contributed by atoms with E-state index >= 15 is 0 Å². The van der Waals surface area contributed by atoms with E-state index < -0.39 is 10.8 Å². The molecule has 0 amide bonds. The molecule has 186 valence electrons. The molecule has 0 atom stereocenters. The van der Waals surface area contributed by atoms with Gasteiger partial charge in [-0.2, -0.15) is 0 Å². The zero-order valence-corrected chi connectivity index (χ0v) is 21.6. The maximum Gasteiger partial charge on any atom is 0.164 e. The Hall–Kier alpha value is -4.94. The Morgan fingerprint density at radius 3 is 1.28 bits per heavy atom. The summed E-state index contributed by atoms with van der Waals surface area (Å²) in [6.07, 6.45) is 0. The largest absolute Gasteiger partial charge is 0.308 e. The minimum absolute atomic E-state index is 0.606. The topological polar surface area (TPSA) is 59.0 Å². The molecule has 6 aromatic rings. The minimum Gasteiger partial charge on any atom is -0.308 e. The highest BCUT2D eigenvalue weighted by Crippen LogP contribution is 2.46. The van der Waals surface area contributed by atoms with Crippen molar-refractivity contribution in [1.29, 1.82) is 0 Å². The molecule has 5 nitrogen and oxygen atoms in total. The Kier molecular flexibility index (Phi) is 5.79. The average Bonchev–Trinajstić information content (AvgIpc) is 3.02. The summed E-state index contributed by atoms with van der Waals surface area (Å²) in [5.41, 5.74) is 5.56. The van der Waals surface area contributed by atoms with Gasteiger partial charge in [0.2, 0.25) is 0 Å². The molecule has 0 spiro atoms. The second-order valence-corrected chi connectivity index (χ2v) is 10.5. The van der Waals surface area contributed by atoms with Crippen LogP contribution in [0.25, 0.3) is 34.2 Å². The standard InChI is InChI=1S/C33H22N4OS/c38-39-29-17-9-7-15-27(29)37(28-16-8-10-18-30(28)39)26-21-19-25(20-22-26)33-35-31(23-11-3-1-4-12-23)34-32(36-33)24-13-5-2-6-14-24/h1-22H. The van der Waals surface area contributed by atoms with Crippen LogP contribution in [0.15, 0.2) is 143 Å². The Labute approximate surface area is 229 Å². The third-order valence-electron chi connectivity index (χ3n) is 6.69. The van der Waals surface area contributed by atoms with Crippen molar-refractivity contribution in [3.8, 4) is 34.2 Å². The van der Waals surface area contributed by atoms with Gasteiger partial charge in [0, 0.05) is 22.4 Å². The number of hydrogen-bond acceptors (Lipinski definition) is 5. The van der Waals surface area contributed by atoms with E-state index in [-0.39, 0.29) is 0 Å². The zero-order chi connectivity index (χ0) is 26.2. The van der Waals surface area contributed by atoms with Gasteiger partial charge in [-0.15, -0.1) is 0 Å². The number of benzene rings is 5. The number of nitrogens with zero attached hydrogens (tertiary/aromatic N) is 4. The molecule has 0 saturated carbocycles. The molecule has 0 saturated heterocycles. The lowest BCUT2D eigenvalue weighted by Gasteiger charge is -2.32. The van der Waals surface area contributed by atoms with Crippen LogP contribution in [0.3, 0.4) is 0 Å². The fourth-order valence-corrected chi connectivity index (χ4v) is 6.16. The molecule has 1 aliphatic heterocycles. The molecule has 5 aromatic carbocycles. The van der Waals surface area contributed by atoms with E-state index in [0.717, 1.165) is 43.5 Å². The lowest BCUT2D eigenvalue weighted by atomic mass is 10.1. The Morgan fingerprint density at radius 1 is 0.436 bits per heavy atom. The Balaban J connectivity index is 1.33. The first-order valence-corrected chi connectivity index (χ1v) is 13.8. The summed E-state index contributed by atoms with van der Waals surface area (Å²) in [7, 11) is -1.23. The van der Waals surface area contributed by atoms with E-state index in [1.54, 1.807) is 0 Å². The van der Waals surface area contributed by atoms with E-state index in [0.29, 0.717) is 17.5 Å². The number of anilines is 3. The van der Waals surface area contributed by atoms with Crippen molar-refractivity contribution in [2.24, 2.45) is 0 Å². The minimum atomic E-state index is -1.23. The molecule has 1 aromatic heterocycles. The van der Waals surface area contributed by atoms with E-state index in [1.165, 1.54) is 0 Å². The Bertz CT molecular complexity index is 1720. The van der Waals surface area contributed by atoms with Crippen LogP contribution in [0.5, 0.6) is 0 Å². The van der Waals surface area contributed by atoms with Gasteiger partial charge in [0.25, 0.3) is 0 Å². The highest BCUT2D eigenvalue weighted by Gasteiger charge is 2.28. The van der Waals surface area contributed by atoms with Crippen molar-refractivity contribution in [1.82, 2.24) is 15.0 Å². The monoisotopic (exact) mass is 522 g/mol. The summed E-state index contributed by atoms with van der Waals surface area (Å²) in [5, 5.41) is 0. The lowest BCUT2D eigenvalue weighted by molar-refractivity contribution is 0.682. The number of fused-ring (bicyclic) bond motifs is 2. The number of para-hydroxylation sites is 2. The van der Waals surface area contributed by atoms with Gasteiger partial charge < -0.3 is 4.90 Å². The summed E-state index contributed by atoms with van der Waals surface area (Å²) in [6, 6.07) is 43.8. The first-order valence-electron chi connectivity index (χ1n) is 12.6. The maximum absolute atomic E-state index is 13.3. The highest BCUT2D eigenvalue weighted by molar-refractivity contribution is 7.85. The fourth-order valence-electron chi connectivity index (χ4n) is 4.82. The fraction of sp³-hybridized carbons (Fsp3) is 0. The van der Waals surface area contributed by atoms with Gasteiger partial charge in [0.05, 0.1) is 32.0 Å². The van der Waals surface area contributed by atoms with Crippen molar-refractivity contribution in [3.63, 3.8) is 0 Å². The van der Waals surface area contributed by atoms with Crippen LogP contribution in [0.2, 0.25) is 0 Å². The molecule has 0 bridgehead atoms. The first-order chi connectivity index (χ1) is 19.3. The van der Waals surface area contributed by atoms with E-state index in [4.69, 9.17) is 15.0 Å². The van der Waals surface area contributed by atoms with Crippen LogP contribution in [-0.4, -0.2) is 19.2 Å². The summed E-state index contributed by atoms with van der Waals surface area (Å²) < 4.78 is 13.3. The second-order valence-electron chi connectivity index (χ2n) is 9.12. The van der Waals surface area contributed by atoms with Crippen LogP contribution in [0.4, 0.5) is 17.1 Å². The highest BCUT2D eigenvalue weighted by atomic mass is 32.2. The van der Waals surface area contributed by atoms with Crippen molar-refractivity contribution < 1.29 is 4.21 Å². The van der Waals surface area contributed by atoms with Gasteiger partial charge in [0.15, 0.2) is 17.5 Å². The molecule has 7 rings (SSSR count). The molecule has 0 unspecified atom stereocenters. The lowest BCUT2D eigenvalue weighted by Crippen LogP contribution is -2.19. The summed E-state index contributed by atoms with van der Waals surface area (Å²) in [6.45, 7) is 0. The average molecular weight is 523 g/mol.